The quantitative estimate of drug-likeness (QED) is 0.644. The minimum absolute atomic E-state index is 0.333. The molecule has 0 radical (unpaired) electrons. The van der Waals surface area contributed by atoms with Gasteiger partial charge in [-0.05, 0) is 6.42 Å². The van der Waals surface area contributed by atoms with E-state index in [0.717, 1.165) is 39.0 Å². The number of hydrazine groups is 1. The maximum absolute atomic E-state index is 11.2. The first-order valence-corrected chi connectivity index (χ1v) is 5.22. The summed E-state index contributed by atoms with van der Waals surface area (Å²) >= 11 is 0. The van der Waals surface area contributed by atoms with Gasteiger partial charge in [0.2, 0.25) is 0 Å². The molecular formula is C9H19N3O2. The SMILES string of the molecule is CCCCOC(=O)NN1CCNCC1. The van der Waals surface area contributed by atoms with E-state index in [-0.39, 0.29) is 6.09 Å². The molecule has 1 heterocycles. The molecule has 0 aromatic carbocycles. The highest BCUT2D eigenvalue weighted by atomic mass is 16.6. The second-order valence-electron chi connectivity index (χ2n) is 3.34. The lowest BCUT2D eigenvalue weighted by Gasteiger charge is -2.26. The molecule has 1 fully saturated rings. The van der Waals surface area contributed by atoms with Gasteiger partial charge >= 0.3 is 6.09 Å². The van der Waals surface area contributed by atoms with Gasteiger partial charge in [-0.3, -0.25) is 5.43 Å². The maximum atomic E-state index is 11.2. The lowest BCUT2D eigenvalue weighted by Crippen LogP contribution is -2.52. The first-order chi connectivity index (χ1) is 6.83. The lowest BCUT2D eigenvalue weighted by atomic mass is 10.4. The van der Waals surface area contributed by atoms with Crippen molar-refractivity contribution < 1.29 is 9.53 Å². The summed E-state index contributed by atoms with van der Waals surface area (Å²) in [7, 11) is 0. The van der Waals surface area contributed by atoms with Crippen LogP contribution in [0.5, 0.6) is 0 Å². The molecule has 1 rings (SSSR count). The minimum atomic E-state index is -0.333. The summed E-state index contributed by atoms with van der Waals surface area (Å²) < 4.78 is 4.97. The van der Waals surface area contributed by atoms with Crippen LogP contribution in [0.25, 0.3) is 0 Å². The third-order valence-electron chi connectivity index (χ3n) is 2.10. The van der Waals surface area contributed by atoms with Crippen molar-refractivity contribution >= 4 is 6.09 Å². The number of hydrogen-bond donors (Lipinski definition) is 2. The summed E-state index contributed by atoms with van der Waals surface area (Å²) in [4.78, 5) is 11.2. The molecule has 1 aliphatic rings. The smallest absolute Gasteiger partial charge is 0.421 e. The van der Waals surface area contributed by atoms with Crippen LogP contribution in [0.4, 0.5) is 4.79 Å². The van der Waals surface area contributed by atoms with Gasteiger partial charge < -0.3 is 10.1 Å². The fraction of sp³-hybridized carbons (Fsp3) is 0.889. The molecule has 14 heavy (non-hydrogen) atoms. The Morgan fingerprint density at radius 3 is 2.86 bits per heavy atom. The van der Waals surface area contributed by atoms with Gasteiger partial charge in [0.25, 0.3) is 0 Å². The Bertz CT molecular complexity index is 169. The summed E-state index contributed by atoms with van der Waals surface area (Å²) in [6.07, 6.45) is 1.64. The van der Waals surface area contributed by atoms with E-state index in [0.29, 0.717) is 6.61 Å². The normalized spacial score (nSPS) is 17.8. The molecule has 0 bridgehead atoms. The van der Waals surface area contributed by atoms with Gasteiger partial charge in [0.15, 0.2) is 0 Å². The minimum Gasteiger partial charge on any atom is -0.449 e. The van der Waals surface area contributed by atoms with E-state index < -0.39 is 0 Å². The number of amides is 1. The van der Waals surface area contributed by atoms with Crippen LogP contribution in [-0.2, 0) is 4.74 Å². The summed E-state index contributed by atoms with van der Waals surface area (Å²) in [5, 5.41) is 5.09. The predicted molar refractivity (Wildman–Crippen MR) is 53.8 cm³/mol. The standard InChI is InChI=1S/C9H19N3O2/c1-2-3-8-14-9(13)11-12-6-4-10-5-7-12/h10H,2-8H2,1H3,(H,11,13). The van der Waals surface area contributed by atoms with Crippen LogP contribution in [0.2, 0.25) is 0 Å². The fourth-order valence-corrected chi connectivity index (χ4v) is 1.25. The topological polar surface area (TPSA) is 53.6 Å². The van der Waals surface area contributed by atoms with Gasteiger partial charge in [0.05, 0.1) is 6.61 Å². The van der Waals surface area contributed by atoms with Gasteiger partial charge in [-0.15, -0.1) is 0 Å². The molecule has 2 N–H and O–H groups in total. The van der Waals surface area contributed by atoms with E-state index in [2.05, 4.69) is 17.7 Å². The van der Waals surface area contributed by atoms with Gasteiger partial charge in [0, 0.05) is 26.2 Å². The third kappa shape index (κ3) is 4.43. The molecule has 0 aliphatic carbocycles. The predicted octanol–water partition coefficient (Wildman–Crippen LogP) is 0.333. The number of rotatable bonds is 4. The van der Waals surface area contributed by atoms with Crippen LogP contribution >= 0.6 is 0 Å². The average Bonchev–Trinajstić information content (AvgIpc) is 2.20. The molecule has 0 spiro atoms. The number of carbonyl (C=O) groups is 1. The van der Waals surface area contributed by atoms with Gasteiger partial charge in [-0.1, -0.05) is 13.3 Å². The molecule has 1 saturated heterocycles. The molecule has 5 nitrogen and oxygen atoms in total. The second-order valence-corrected chi connectivity index (χ2v) is 3.34. The van der Waals surface area contributed by atoms with Crippen molar-refractivity contribution in [3.63, 3.8) is 0 Å². The molecular weight excluding hydrogens is 182 g/mol. The van der Waals surface area contributed by atoms with Crippen molar-refractivity contribution in [1.82, 2.24) is 15.8 Å². The maximum Gasteiger partial charge on any atom is 0.421 e. The van der Waals surface area contributed by atoms with Crippen LogP contribution in [0, 0.1) is 0 Å². The van der Waals surface area contributed by atoms with Crippen molar-refractivity contribution in [1.29, 1.82) is 0 Å². The molecule has 5 heteroatoms. The number of nitrogens with one attached hydrogen (secondary N) is 2. The van der Waals surface area contributed by atoms with E-state index in [1.165, 1.54) is 0 Å². The highest BCUT2D eigenvalue weighted by Crippen LogP contribution is 1.91. The molecule has 82 valence electrons. The number of nitrogens with zero attached hydrogens (tertiary/aromatic N) is 1. The number of piperazine rings is 1. The molecule has 0 aromatic rings. The highest BCUT2D eigenvalue weighted by Gasteiger charge is 2.12. The molecule has 1 amide bonds. The molecule has 1 aliphatic heterocycles. The van der Waals surface area contributed by atoms with E-state index in [1.54, 1.807) is 0 Å². The zero-order valence-electron chi connectivity index (χ0n) is 8.71. The first kappa shape index (κ1) is 11.3. The zero-order chi connectivity index (χ0) is 10.2. The summed E-state index contributed by atoms with van der Waals surface area (Å²) in [6.45, 7) is 6.07. The Morgan fingerprint density at radius 1 is 1.50 bits per heavy atom. The number of ether oxygens (including phenoxy) is 1. The third-order valence-corrected chi connectivity index (χ3v) is 2.10. The molecule has 0 saturated carbocycles. The molecule has 0 atom stereocenters. The highest BCUT2D eigenvalue weighted by molar-refractivity contribution is 5.66. The Balaban J connectivity index is 2.06. The van der Waals surface area contributed by atoms with Gasteiger partial charge in [-0.2, -0.15) is 0 Å². The van der Waals surface area contributed by atoms with Crippen molar-refractivity contribution in [3.05, 3.63) is 0 Å². The number of carbonyl (C=O) groups excluding carboxylic acids is 1. The lowest BCUT2D eigenvalue weighted by molar-refractivity contribution is 0.0978. The van der Waals surface area contributed by atoms with E-state index in [1.807, 2.05) is 5.01 Å². The summed E-state index contributed by atoms with van der Waals surface area (Å²) in [6, 6.07) is 0. The second kappa shape index (κ2) is 6.62. The molecule has 0 aromatic heterocycles. The van der Waals surface area contributed by atoms with Gasteiger partial charge in [0.1, 0.15) is 0 Å². The van der Waals surface area contributed by atoms with Crippen LogP contribution in [0.1, 0.15) is 19.8 Å². The van der Waals surface area contributed by atoms with Crippen molar-refractivity contribution in [2.45, 2.75) is 19.8 Å². The zero-order valence-corrected chi connectivity index (χ0v) is 8.71. The first-order valence-electron chi connectivity index (χ1n) is 5.22. The average molecular weight is 201 g/mol. The van der Waals surface area contributed by atoms with Crippen LogP contribution in [-0.4, -0.2) is 43.9 Å². The molecule has 0 unspecified atom stereocenters. The van der Waals surface area contributed by atoms with Crippen LogP contribution < -0.4 is 10.7 Å². The van der Waals surface area contributed by atoms with Gasteiger partial charge in [-0.25, -0.2) is 9.80 Å². The Labute approximate surface area is 84.8 Å². The van der Waals surface area contributed by atoms with E-state index in [4.69, 9.17) is 4.74 Å². The summed E-state index contributed by atoms with van der Waals surface area (Å²) in [5.74, 6) is 0. The Morgan fingerprint density at radius 2 is 2.21 bits per heavy atom. The van der Waals surface area contributed by atoms with Crippen molar-refractivity contribution in [3.8, 4) is 0 Å². The number of hydrogen-bond acceptors (Lipinski definition) is 4. The Hall–Kier alpha value is -0.810. The van der Waals surface area contributed by atoms with Crippen molar-refractivity contribution in [2.75, 3.05) is 32.8 Å². The van der Waals surface area contributed by atoms with Crippen LogP contribution in [0.3, 0.4) is 0 Å². The summed E-state index contributed by atoms with van der Waals surface area (Å²) in [5.41, 5.74) is 2.71. The van der Waals surface area contributed by atoms with Crippen LogP contribution in [0.15, 0.2) is 0 Å². The number of unbranched alkanes of at least 4 members (excludes halogenated alkanes) is 1. The van der Waals surface area contributed by atoms with Crippen molar-refractivity contribution in [2.24, 2.45) is 0 Å². The van der Waals surface area contributed by atoms with E-state index >= 15 is 0 Å². The fourth-order valence-electron chi connectivity index (χ4n) is 1.25. The Kier molecular flexibility index (Phi) is 5.32. The largest absolute Gasteiger partial charge is 0.449 e. The van der Waals surface area contributed by atoms with E-state index in [9.17, 15) is 4.79 Å². The monoisotopic (exact) mass is 201 g/mol.